The molecule has 0 aliphatic rings. The Balaban J connectivity index is 0.000000155. The van der Waals surface area contributed by atoms with Crippen LogP contribution in [0.1, 0.15) is 12.8 Å². The van der Waals surface area contributed by atoms with Crippen LogP contribution in [-0.2, 0) is 13.1 Å². The van der Waals surface area contributed by atoms with Gasteiger partial charge in [0, 0.05) is 25.9 Å². The van der Waals surface area contributed by atoms with Crippen LogP contribution in [0.25, 0.3) is 42.3 Å². The predicted molar refractivity (Wildman–Crippen MR) is 169 cm³/mol. The first kappa shape index (κ1) is 26.1. The average Bonchev–Trinajstić information content (AvgIpc) is 3.79. The lowest BCUT2D eigenvalue weighted by Crippen LogP contribution is -2.00. The van der Waals surface area contributed by atoms with Crippen LogP contribution < -0.4 is 0 Å². The van der Waals surface area contributed by atoms with Crippen molar-refractivity contribution in [3.8, 4) is 67.0 Å². The Hall–Kier alpha value is -3.52. The maximum atomic E-state index is 5.42. The number of hydrogen-bond donors (Lipinski definition) is 0. The first-order valence-corrected chi connectivity index (χ1v) is 15.7. The fraction of sp³-hybridized carbons (Fsp3) is 0.125. The lowest BCUT2D eigenvalue weighted by Gasteiger charge is -2.10. The van der Waals surface area contributed by atoms with E-state index in [2.05, 4.69) is 115 Å². The third-order valence-electron chi connectivity index (χ3n) is 6.02. The number of nitrogens with zero attached hydrogens (tertiary/aromatic N) is 2. The topological polar surface area (TPSA) is 9.86 Å². The van der Waals surface area contributed by atoms with Crippen molar-refractivity contribution in [3.05, 3.63) is 94.3 Å². The van der Waals surface area contributed by atoms with Crippen molar-refractivity contribution in [1.29, 1.82) is 0 Å². The van der Waals surface area contributed by atoms with Gasteiger partial charge >= 0.3 is 0 Å². The maximum absolute atomic E-state index is 5.42. The average molecular weight is 567 g/mol. The van der Waals surface area contributed by atoms with Crippen molar-refractivity contribution >= 4 is 45.3 Å². The van der Waals surface area contributed by atoms with Crippen LogP contribution in [0.5, 0.6) is 0 Å². The summed E-state index contributed by atoms with van der Waals surface area (Å²) in [5, 5.41) is 8.44. The summed E-state index contributed by atoms with van der Waals surface area (Å²) in [6.45, 7) is 1.73. The van der Waals surface area contributed by atoms with Crippen LogP contribution in [0.3, 0.4) is 0 Å². The second-order valence-corrected chi connectivity index (χ2v) is 12.1. The van der Waals surface area contributed by atoms with E-state index in [1.54, 1.807) is 45.3 Å². The van der Waals surface area contributed by atoms with Gasteiger partial charge in [-0.25, -0.2) is 0 Å². The molecule has 0 amide bonds. The molecule has 6 heterocycles. The van der Waals surface area contributed by atoms with E-state index in [1.807, 2.05) is 0 Å². The molecule has 6 rings (SSSR count). The molecule has 0 saturated heterocycles. The Kier molecular flexibility index (Phi) is 8.81. The zero-order valence-corrected chi connectivity index (χ0v) is 24.0. The minimum Gasteiger partial charge on any atom is -0.338 e. The second-order valence-electron chi connectivity index (χ2n) is 8.33. The Morgan fingerprint density at radius 3 is 0.974 bits per heavy atom. The Bertz CT molecular complexity index is 1380. The number of hydrogen-bond acceptors (Lipinski definition) is 4. The first-order chi connectivity index (χ1) is 18.8. The van der Waals surface area contributed by atoms with Gasteiger partial charge in [0.2, 0.25) is 0 Å². The number of terminal acetylenes is 2. The Morgan fingerprint density at radius 2 is 0.763 bits per heavy atom. The molecular formula is C32H26N2S4. The van der Waals surface area contributed by atoms with Crippen molar-refractivity contribution in [1.82, 2.24) is 9.13 Å². The van der Waals surface area contributed by atoms with Crippen molar-refractivity contribution < 1.29 is 0 Å². The third kappa shape index (κ3) is 5.80. The largest absolute Gasteiger partial charge is 0.338 e. The summed E-state index contributed by atoms with van der Waals surface area (Å²) in [7, 11) is 0. The van der Waals surface area contributed by atoms with E-state index in [1.165, 1.54) is 42.3 Å². The summed E-state index contributed by atoms with van der Waals surface area (Å²) in [6, 6.07) is 25.7. The van der Waals surface area contributed by atoms with Crippen LogP contribution in [0.4, 0.5) is 0 Å². The van der Waals surface area contributed by atoms with Gasteiger partial charge in [-0.1, -0.05) is 24.3 Å². The molecule has 38 heavy (non-hydrogen) atoms. The van der Waals surface area contributed by atoms with Crippen molar-refractivity contribution in [3.63, 3.8) is 0 Å². The first-order valence-electron chi connectivity index (χ1n) is 12.2. The molecule has 0 N–H and O–H groups in total. The normalized spacial score (nSPS) is 10.5. The zero-order chi connectivity index (χ0) is 26.2. The fourth-order valence-electron chi connectivity index (χ4n) is 4.33. The maximum Gasteiger partial charge on any atom is 0.0587 e. The Labute approximate surface area is 240 Å². The van der Waals surface area contributed by atoms with Gasteiger partial charge in [0.05, 0.1) is 42.3 Å². The lowest BCUT2D eigenvalue weighted by atomic mass is 10.3. The van der Waals surface area contributed by atoms with Gasteiger partial charge in [-0.05, 0) is 70.1 Å². The zero-order valence-electron chi connectivity index (χ0n) is 20.7. The molecule has 6 aromatic rings. The summed E-state index contributed by atoms with van der Waals surface area (Å²) in [6.07, 6.45) is 12.4. The number of aromatic nitrogens is 2. The molecule has 188 valence electrons. The molecule has 0 radical (unpaired) electrons. The number of rotatable bonds is 8. The molecule has 0 aliphatic heterocycles. The van der Waals surface area contributed by atoms with E-state index in [-0.39, 0.29) is 0 Å². The molecule has 0 aliphatic carbocycles. The van der Waals surface area contributed by atoms with E-state index in [9.17, 15) is 0 Å². The lowest BCUT2D eigenvalue weighted by molar-refractivity contribution is 0.741. The van der Waals surface area contributed by atoms with Crippen LogP contribution in [0.2, 0.25) is 0 Å². The van der Waals surface area contributed by atoms with Gasteiger partial charge in [-0.2, -0.15) is 0 Å². The van der Waals surface area contributed by atoms with E-state index in [4.69, 9.17) is 12.8 Å². The Morgan fingerprint density at radius 1 is 0.474 bits per heavy atom. The van der Waals surface area contributed by atoms with Crippen LogP contribution in [0, 0.1) is 24.7 Å². The van der Waals surface area contributed by atoms with Crippen molar-refractivity contribution in [2.24, 2.45) is 0 Å². The molecular weight excluding hydrogens is 541 g/mol. The van der Waals surface area contributed by atoms with E-state index in [0.29, 0.717) is 0 Å². The highest BCUT2D eigenvalue weighted by Crippen LogP contribution is 2.35. The standard InChI is InChI=1S/2C16H13NS2/c2*1-2-3-10-17-13(15-6-4-11-18-15)8-9-14(17)16-7-5-12-19-16/h2*1,4-9,11-12H,3,10H2. The molecule has 0 aromatic carbocycles. The molecule has 0 atom stereocenters. The minimum absolute atomic E-state index is 0.755. The summed E-state index contributed by atoms with van der Waals surface area (Å²) >= 11 is 7.06. The van der Waals surface area contributed by atoms with Gasteiger partial charge in [0.1, 0.15) is 0 Å². The predicted octanol–water partition coefficient (Wildman–Crippen LogP) is 9.94. The summed E-state index contributed by atoms with van der Waals surface area (Å²) in [4.78, 5) is 5.17. The van der Waals surface area contributed by atoms with E-state index >= 15 is 0 Å². The highest BCUT2D eigenvalue weighted by atomic mass is 32.1. The van der Waals surface area contributed by atoms with E-state index < -0.39 is 0 Å². The van der Waals surface area contributed by atoms with Crippen LogP contribution in [0.15, 0.2) is 94.3 Å². The monoisotopic (exact) mass is 566 g/mol. The summed E-state index contributed by atoms with van der Waals surface area (Å²) in [5.74, 6) is 5.47. The quantitative estimate of drug-likeness (QED) is 0.162. The van der Waals surface area contributed by atoms with Gasteiger partial charge in [0.15, 0.2) is 0 Å². The molecule has 0 spiro atoms. The van der Waals surface area contributed by atoms with Crippen molar-refractivity contribution in [2.75, 3.05) is 0 Å². The van der Waals surface area contributed by atoms with Gasteiger partial charge in [-0.3, -0.25) is 0 Å². The molecule has 0 fully saturated rings. The third-order valence-corrected chi connectivity index (χ3v) is 9.58. The highest BCUT2D eigenvalue weighted by Gasteiger charge is 2.13. The molecule has 0 unspecified atom stereocenters. The highest BCUT2D eigenvalue weighted by molar-refractivity contribution is 7.14. The smallest absolute Gasteiger partial charge is 0.0587 e. The van der Waals surface area contributed by atoms with E-state index in [0.717, 1.165) is 25.9 Å². The van der Waals surface area contributed by atoms with Crippen LogP contribution >= 0.6 is 45.3 Å². The molecule has 2 nitrogen and oxygen atoms in total. The summed E-state index contributed by atoms with van der Waals surface area (Å²) in [5.41, 5.74) is 5.03. The van der Waals surface area contributed by atoms with Crippen LogP contribution in [-0.4, -0.2) is 9.13 Å². The SMILES string of the molecule is C#CCCn1c(-c2cccs2)ccc1-c1cccs1.C#CCCn1c(-c2cccs2)ccc1-c1cccs1. The van der Waals surface area contributed by atoms with Crippen molar-refractivity contribution in [2.45, 2.75) is 25.9 Å². The minimum atomic E-state index is 0.755. The van der Waals surface area contributed by atoms with Gasteiger partial charge < -0.3 is 9.13 Å². The molecule has 0 bridgehead atoms. The second kappa shape index (κ2) is 12.8. The molecule has 6 heteroatoms. The number of thiophene rings is 4. The van der Waals surface area contributed by atoms with Gasteiger partial charge in [-0.15, -0.1) is 70.0 Å². The molecule has 6 aromatic heterocycles. The molecule has 0 saturated carbocycles. The van der Waals surface area contributed by atoms with Gasteiger partial charge in [0.25, 0.3) is 0 Å². The summed E-state index contributed by atoms with van der Waals surface area (Å²) < 4.78 is 4.66. The fourth-order valence-corrected chi connectivity index (χ4v) is 7.37.